The molecule has 0 saturated carbocycles. The largest absolute Gasteiger partial charge is 0.333 e. The highest BCUT2D eigenvalue weighted by atomic mass is 79.9. The first kappa shape index (κ1) is 17.5. The summed E-state index contributed by atoms with van der Waals surface area (Å²) in [6.07, 6.45) is 6.32. The summed E-state index contributed by atoms with van der Waals surface area (Å²) in [5, 5.41) is 1.33. The fourth-order valence-corrected chi connectivity index (χ4v) is 3.64. The van der Waals surface area contributed by atoms with Crippen molar-refractivity contribution in [3.05, 3.63) is 93.3 Å². The number of halogens is 3. The molecular weight excluding hydrogens is 407 g/mol. The van der Waals surface area contributed by atoms with Crippen LogP contribution in [0.3, 0.4) is 0 Å². The van der Waals surface area contributed by atoms with E-state index in [1.807, 2.05) is 35.3 Å². The Balaban J connectivity index is 1.87. The van der Waals surface area contributed by atoms with Crippen molar-refractivity contribution in [2.75, 3.05) is 0 Å². The van der Waals surface area contributed by atoms with Gasteiger partial charge in [-0.2, -0.15) is 0 Å². The summed E-state index contributed by atoms with van der Waals surface area (Å²) >= 11 is 15.8. The standard InChI is InChI=1S/C19H16BrCl2N2/c1-13(8-14-2-4-17(21)10-19(14)22)18-5-3-16(20)9-15(18)11-24-7-6-23-12-24/h2-7,9-10,12-13H,1,8,11H2. The third kappa shape index (κ3) is 4.21. The van der Waals surface area contributed by atoms with Crippen LogP contribution in [0.4, 0.5) is 0 Å². The van der Waals surface area contributed by atoms with E-state index in [4.69, 9.17) is 23.2 Å². The molecule has 1 unspecified atom stereocenters. The summed E-state index contributed by atoms with van der Waals surface area (Å²) in [6.45, 7) is 5.11. The Kier molecular flexibility index (Phi) is 5.65. The molecule has 2 aromatic carbocycles. The van der Waals surface area contributed by atoms with E-state index in [2.05, 4.69) is 40.0 Å². The molecule has 0 bridgehead atoms. The molecule has 5 heteroatoms. The van der Waals surface area contributed by atoms with E-state index in [1.54, 1.807) is 12.3 Å². The molecule has 0 N–H and O–H groups in total. The second kappa shape index (κ2) is 7.73. The smallest absolute Gasteiger partial charge is 0.0949 e. The van der Waals surface area contributed by atoms with Gasteiger partial charge in [0.25, 0.3) is 0 Å². The highest BCUT2D eigenvalue weighted by Gasteiger charge is 2.14. The lowest BCUT2D eigenvalue weighted by molar-refractivity contribution is 0.756. The maximum atomic E-state index is 6.31. The van der Waals surface area contributed by atoms with Crippen LogP contribution in [0.5, 0.6) is 0 Å². The summed E-state index contributed by atoms with van der Waals surface area (Å²) in [5.41, 5.74) is 3.47. The quantitative estimate of drug-likeness (QED) is 0.481. The van der Waals surface area contributed by atoms with Gasteiger partial charge < -0.3 is 4.57 Å². The predicted octanol–water partition coefficient (Wildman–Crippen LogP) is 6.16. The number of imidazole rings is 1. The molecule has 3 rings (SSSR count). The van der Waals surface area contributed by atoms with E-state index in [0.29, 0.717) is 10.0 Å². The summed E-state index contributed by atoms with van der Waals surface area (Å²) in [5.74, 6) is 0.0929. The van der Waals surface area contributed by atoms with E-state index in [0.717, 1.165) is 23.0 Å². The average Bonchev–Trinajstić information content (AvgIpc) is 3.03. The van der Waals surface area contributed by atoms with Crippen LogP contribution in [0.15, 0.2) is 59.6 Å². The van der Waals surface area contributed by atoms with E-state index in [9.17, 15) is 0 Å². The Morgan fingerprint density at radius 3 is 2.67 bits per heavy atom. The lowest BCUT2D eigenvalue weighted by Gasteiger charge is -2.18. The van der Waals surface area contributed by atoms with Crippen LogP contribution in [0, 0.1) is 6.92 Å². The van der Waals surface area contributed by atoms with Crippen molar-refractivity contribution in [2.24, 2.45) is 0 Å². The van der Waals surface area contributed by atoms with E-state index in [-0.39, 0.29) is 5.92 Å². The maximum absolute atomic E-state index is 6.31. The van der Waals surface area contributed by atoms with E-state index in [1.165, 1.54) is 11.1 Å². The molecule has 0 aliphatic carbocycles. The number of hydrogen-bond acceptors (Lipinski definition) is 1. The van der Waals surface area contributed by atoms with Crippen molar-refractivity contribution < 1.29 is 0 Å². The van der Waals surface area contributed by atoms with Gasteiger partial charge in [0, 0.05) is 33.5 Å². The minimum Gasteiger partial charge on any atom is -0.333 e. The molecule has 123 valence electrons. The Hall–Kier alpha value is -1.29. The average molecular weight is 423 g/mol. The summed E-state index contributed by atoms with van der Waals surface area (Å²) < 4.78 is 3.10. The van der Waals surface area contributed by atoms with Crippen LogP contribution in [0.1, 0.15) is 22.6 Å². The van der Waals surface area contributed by atoms with Gasteiger partial charge >= 0.3 is 0 Å². The van der Waals surface area contributed by atoms with E-state index >= 15 is 0 Å². The van der Waals surface area contributed by atoms with Gasteiger partial charge in [0.2, 0.25) is 0 Å². The first-order chi connectivity index (χ1) is 11.5. The fourth-order valence-electron chi connectivity index (χ4n) is 2.75. The highest BCUT2D eigenvalue weighted by molar-refractivity contribution is 9.10. The number of nitrogens with zero attached hydrogens (tertiary/aromatic N) is 2. The Bertz CT molecular complexity index is 831. The molecule has 1 heterocycles. The zero-order chi connectivity index (χ0) is 17.1. The molecule has 3 aromatic rings. The fraction of sp³-hybridized carbons (Fsp3) is 0.158. The first-order valence-corrected chi connectivity index (χ1v) is 9.09. The van der Waals surface area contributed by atoms with Crippen LogP contribution >= 0.6 is 39.1 Å². The van der Waals surface area contributed by atoms with Crippen LogP contribution in [-0.2, 0) is 13.0 Å². The second-order valence-electron chi connectivity index (χ2n) is 5.71. The molecule has 1 aromatic heterocycles. The summed E-state index contributed by atoms with van der Waals surface area (Å²) in [6, 6.07) is 11.9. The van der Waals surface area contributed by atoms with Gasteiger partial charge in [0.1, 0.15) is 0 Å². The van der Waals surface area contributed by atoms with Gasteiger partial charge in [-0.15, -0.1) is 0 Å². The van der Waals surface area contributed by atoms with Crippen LogP contribution in [0.2, 0.25) is 10.0 Å². The molecule has 0 aliphatic rings. The maximum Gasteiger partial charge on any atom is 0.0949 e. The molecular formula is C19H16BrCl2N2. The lowest BCUT2D eigenvalue weighted by Crippen LogP contribution is -2.07. The third-order valence-corrected chi connectivity index (χ3v) is 5.02. The van der Waals surface area contributed by atoms with Gasteiger partial charge in [-0.1, -0.05) is 51.3 Å². The molecule has 0 fully saturated rings. The van der Waals surface area contributed by atoms with Gasteiger partial charge in [0.05, 0.1) is 6.33 Å². The number of aromatic nitrogens is 2. The minimum atomic E-state index is 0.0929. The lowest BCUT2D eigenvalue weighted by atomic mass is 9.90. The first-order valence-electron chi connectivity index (χ1n) is 7.54. The molecule has 1 radical (unpaired) electrons. The Morgan fingerprint density at radius 2 is 1.96 bits per heavy atom. The van der Waals surface area contributed by atoms with Crippen LogP contribution in [-0.4, -0.2) is 9.55 Å². The SMILES string of the molecule is [CH2]C(Cc1ccc(Cl)cc1Cl)c1ccc(Br)cc1Cn1ccnc1. The van der Waals surface area contributed by atoms with Crippen molar-refractivity contribution in [2.45, 2.75) is 18.9 Å². The molecule has 0 aliphatic heterocycles. The number of hydrogen-bond donors (Lipinski definition) is 0. The second-order valence-corrected chi connectivity index (χ2v) is 7.47. The van der Waals surface area contributed by atoms with Crippen LogP contribution < -0.4 is 0 Å². The Morgan fingerprint density at radius 1 is 1.12 bits per heavy atom. The molecule has 24 heavy (non-hydrogen) atoms. The van der Waals surface area contributed by atoms with Crippen molar-refractivity contribution in [3.8, 4) is 0 Å². The van der Waals surface area contributed by atoms with Crippen molar-refractivity contribution in [1.82, 2.24) is 9.55 Å². The van der Waals surface area contributed by atoms with Gasteiger partial charge in [-0.05, 0) is 60.2 Å². The minimum absolute atomic E-state index is 0.0929. The highest BCUT2D eigenvalue weighted by Crippen LogP contribution is 2.30. The summed E-state index contributed by atoms with van der Waals surface area (Å²) in [7, 11) is 0. The van der Waals surface area contributed by atoms with Gasteiger partial charge in [0.15, 0.2) is 0 Å². The van der Waals surface area contributed by atoms with Crippen molar-refractivity contribution in [1.29, 1.82) is 0 Å². The topological polar surface area (TPSA) is 17.8 Å². The number of benzene rings is 2. The van der Waals surface area contributed by atoms with Crippen molar-refractivity contribution >= 4 is 39.1 Å². The molecule has 0 amide bonds. The van der Waals surface area contributed by atoms with Crippen molar-refractivity contribution in [3.63, 3.8) is 0 Å². The molecule has 0 spiro atoms. The zero-order valence-corrected chi connectivity index (χ0v) is 16.0. The zero-order valence-electron chi connectivity index (χ0n) is 12.9. The van der Waals surface area contributed by atoms with Gasteiger partial charge in [-0.25, -0.2) is 4.98 Å². The van der Waals surface area contributed by atoms with E-state index < -0.39 is 0 Å². The molecule has 2 nitrogen and oxygen atoms in total. The normalized spacial score (nSPS) is 12.3. The monoisotopic (exact) mass is 421 g/mol. The molecule has 0 saturated heterocycles. The Labute approximate surface area is 160 Å². The van der Waals surface area contributed by atoms with Gasteiger partial charge in [-0.3, -0.25) is 0 Å². The predicted molar refractivity (Wildman–Crippen MR) is 104 cm³/mol. The number of rotatable bonds is 5. The molecule has 1 atom stereocenters. The van der Waals surface area contributed by atoms with Crippen LogP contribution in [0.25, 0.3) is 0 Å². The third-order valence-electron chi connectivity index (χ3n) is 3.94. The summed E-state index contributed by atoms with van der Waals surface area (Å²) in [4.78, 5) is 4.11.